The van der Waals surface area contributed by atoms with E-state index in [1.807, 2.05) is 0 Å². The van der Waals surface area contributed by atoms with Crippen LogP contribution in [0.4, 0.5) is 0 Å². The largest absolute Gasteiger partial charge is 0.394 e. The molecule has 340 valence electrons. The molecule has 0 aromatic carbocycles. The number of hydrogen-bond acceptors (Lipinski definition) is 8. The van der Waals surface area contributed by atoms with Crippen molar-refractivity contribution in [2.24, 2.45) is 0 Å². The van der Waals surface area contributed by atoms with E-state index in [1.54, 1.807) is 0 Å². The number of nitrogens with one attached hydrogen (secondary N) is 1. The van der Waals surface area contributed by atoms with Gasteiger partial charge in [0.15, 0.2) is 6.29 Å². The van der Waals surface area contributed by atoms with Gasteiger partial charge in [0, 0.05) is 6.42 Å². The van der Waals surface area contributed by atoms with Gasteiger partial charge < -0.3 is 40.3 Å². The standard InChI is InChI=1S/C48H95NO8/c1-3-5-7-9-11-13-15-17-19-20-21-22-24-26-28-30-32-34-36-38-44(52)49-41(40-56-48-47(55)46(54)45(53)43(39-50)57-48)42(51)37-35-33-31-29-27-25-23-18-16-14-12-10-8-6-4-2/h41-43,45-48,50-51,53-55H,3-40H2,1-2H3,(H,49,52). The molecule has 0 spiro atoms. The van der Waals surface area contributed by atoms with Crippen molar-refractivity contribution in [3.05, 3.63) is 0 Å². The lowest BCUT2D eigenvalue weighted by Gasteiger charge is -2.40. The fraction of sp³-hybridized carbons (Fsp3) is 0.979. The van der Waals surface area contributed by atoms with E-state index in [0.717, 1.165) is 38.5 Å². The molecule has 9 nitrogen and oxygen atoms in total. The number of carbonyl (C=O) groups excluding carboxylic acids is 1. The molecule has 1 amide bonds. The number of unbranched alkanes of at least 4 members (excludes halogenated alkanes) is 32. The Morgan fingerprint density at radius 1 is 0.526 bits per heavy atom. The van der Waals surface area contributed by atoms with Crippen molar-refractivity contribution in [2.75, 3.05) is 13.2 Å². The molecule has 1 fully saturated rings. The average molecular weight is 814 g/mol. The zero-order valence-electron chi connectivity index (χ0n) is 37.4. The van der Waals surface area contributed by atoms with Crippen LogP contribution >= 0.6 is 0 Å². The molecule has 1 saturated heterocycles. The first kappa shape index (κ1) is 54.2. The second kappa shape index (κ2) is 39.3. The number of aliphatic hydroxyl groups excluding tert-OH is 5. The summed E-state index contributed by atoms with van der Waals surface area (Å²) in [6, 6.07) is -0.711. The minimum Gasteiger partial charge on any atom is -0.394 e. The van der Waals surface area contributed by atoms with Gasteiger partial charge in [0.25, 0.3) is 0 Å². The lowest BCUT2D eigenvalue weighted by Crippen LogP contribution is -2.60. The SMILES string of the molecule is CCCCCCCCCCCCCCCCCCCCCC(=O)NC(COC1OC(CO)C(O)C(O)C1O)C(O)CCCCCCCCCCCCCCCCC. The lowest BCUT2D eigenvalue weighted by molar-refractivity contribution is -0.302. The van der Waals surface area contributed by atoms with Crippen LogP contribution in [0.25, 0.3) is 0 Å². The van der Waals surface area contributed by atoms with Crippen LogP contribution in [0.1, 0.15) is 245 Å². The van der Waals surface area contributed by atoms with Crippen molar-refractivity contribution >= 4 is 5.91 Å². The first-order valence-electron chi connectivity index (χ1n) is 24.7. The zero-order chi connectivity index (χ0) is 41.6. The second-order valence-corrected chi connectivity index (χ2v) is 17.6. The van der Waals surface area contributed by atoms with Crippen molar-refractivity contribution in [3.8, 4) is 0 Å². The maximum atomic E-state index is 13.0. The number of ether oxygens (including phenoxy) is 2. The van der Waals surface area contributed by atoms with Crippen LogP contribution in [0.2, 0.25) is 0 Å². The van der Waals surface area contributed by atoms with E-state index < -0.39 is 49.5 Å². The van der Waals surface area contributed by atoms with Crippen molar-refractivity contribution < 1.29 is 39.8 Å². The highest BCUT2D eigenvalue weighted by Crippen LogP contribution is 2.23. The van der Waals surface area contributed by atoms with Crippen LogP contribution in [-0.4, -0.2) is 87.5 Å². The van der Waals surface area contributed by atoms with Crippen LogP contribution in [0.15, 0.2) is 0 Å². The predicted octanol–water partition coefficient (Wildman–Crippen LogP) is 10.7. The minimum atomic E-state index is -1.55. The van der Waals surface area contributed by atoms with Gasteiger partial charge in [0.05, 0.1) is 25.4 Å². The maximum absolute atomic E-state index is 13.0. The fourth-order valence-electron chi connectivity index (χ4n) is 8.22. The summed E-state index contributed by atoms with van der Waals surface area (Å²) in [6.07, 6.45) is 36.8. The Morgan fingerprint density at radius 3 is 1.25 bits per heavy atom. The highest BCUT2D eigenvalue weighted by Gasteiger charge is 2.44. The number of aliphatic hydroxyl groups is 5. The maximum Gasteiger partial charge on any atom is 0.220 e. The molecule has 0 bridgehead atoms. The third-order valence-electron chi connectivity index (χ3n) is 12.2. The summed E-state index contributed by atoms with van der Waals surface area (Å²) < 4.78 is 11.3. The van der Waals surface area contributed by atoms with Crippen LogP contribution in [0.3, 0.4) is 0 Å². The van der Waals surface area contributed by atoms with Gasteiger partial charge in [-0.1, -0.05) is 226 Å². The first-order valence-corrected chi connectivity index (χ1v) is 24.7. The Hall–Kier alpha value is -0.810. The van der Waals surface area contributed by atoms with E-state index in [-0.39, 0.29) is 12.5 Å². The van der Waals surface area contributed by atoms with Gasteiger partial charge in [-0.2, -0.15) is 0 Å². The third kappa shape index (κ3) is 30.0. The first-order chi connectivity index (χ1) is 27.8. The van der Waals surface area contributed by atoms with Gasteiger partial charge in [-0.15, -0.1) is 0 Å². The molecular formula is C48H95NO8. The Labute approximate surface area is 351 Å². The van der Waals surface area contributed by atoms with Crippen LogP contribution in [-0.2, 0) is 14.3 Å². The van der Waals surface area contributed by atoms with E-state index >= 15 is 0 Å². The quantitative estimate of drug-likeness (QED) is 0.0334. The van der Waals surface area contributed by atoms with Gasteiger partial charge in [-0.05, 0) is 12.8 Å². The smallest absolute Gasteiger partial charge is 0.220 e. The van der Waals surface area contributed by atoms with E-state index in [2.05, 4.69) is 19.2 Å². The topological polar surface area (TPSA) is 149 Å². The molecule has 57 heavy (non-hydrogen) atoms. The summed E-state index contributed by atoms with van der Waals surface area (Å²) >= 11 is 0. The van der Waals surface area contributed by atoms with Crippen LogP contribution in [0, 0.1) is 0 Å². The highest BCUT2D eigenvalue weighted by atomic mass is 16.7. The summed E-state index contributed by atoms with van der Waals surface area (Å²) in [5.74, 6) is -0.139. The van der Waals surface area contributed by atoms with Crippen LogP contribution < -0.4 is 5.32 Å². The van der Waals surface area contributed by atoms with Crippen molar-refractivity contribution in [1.82, 2.24) is 5.32 Å². The lowest BCUT2D eigenvalue weighted by atomic mass is 9.99. The Morgan fingerprint density at radius 2 is 0.877 bits per heavy atom. The number of hydrogen-bond donors (Lipinski definition) is 6. The van der Waals surface area contributed by atoms with Crippen molar-refractivity contribution in [1.29, 1.82) is 0 Å². The van der Waals surface area contributed by atoms with Crippen molar-refractivity contribution in [2.45, 2.75) is 288 Å². The molecule has 1 aliphatic rings. The summed E-state index contributed by atoms with van der Waals surface area (Å²) in [4.78, 5) is 13.0. The number of carbonyl (C=O) groups is 1. The second-order valence-electron chi connectivity index (χ2n) is 17.6. The summed E-state index contributed by atoms with van der Waals surface area (Å²) in [5.41, 5.74) is 0. The third-order valence-corrected chi connectivity index (χ3v) is 12.2. The normalized spacial score (nSPS) is 20.9. The molecular weight excluding hydrogens is 719 g/mol. The molecule has 0 aromatic heterocycles. The zero-order valence-corrected chi connectivity index (χ0v) is 37.4. The molecule has 7 atom stereocenters. The monoisotopic (exact) mass is 814 g/mol. The molecule has 6 N–H and O–H groups in total. The number of rotatable bonds is 42. The predicted molar refractivity (Wildman–Crippen MR) is 235 cm³/mol. The fourth-order valence-corrected chi connectivity index (χ4v) is 8.22. The van der Waals surface area contributed by atoms with Crippen molar-refractivity contribution in [3.63, 3.8) is 0 Å². The molecule has 0 aliphatic carbocycles. The molecule has 0 aromatic rings. The highest BCUT2D eigenvalue weighted by molar-refractivity contribution is 5.76. The molecule has 1 aliphatic heterocycles. The van der Waals surface area contributed by atoms with E-state index in [9.17, 15) is 30.3 Å². The average Bonchev–Trinajstić information content (AvgIpc) is 3.21. The van der Waals surface area contributed by atoms with Crippen LogP contribution in [0.5, 0.6) is 0 Å². The molecule has 0 saturated carbocycles. The van der Waals surface area contributed by atoms with Gasteiger partial charge in [0.2, 0.25) is 5.91 Å². The van der Waals surface area contributed by atoms with E-state index in [0.29, 0.717) is 12.8 Å². The minimum absolute atomic E-state index is 0.131. The number of amides is 1. The Kier molecular flexibility index (Phi) is 37.4. The van der Waals surface area contributed by atoms with Gasteiger partial charge >= 0.3 is 0 Å². The van der Waals surface area contributed by atoms with Gasteiger partial charge in [-0.3, -0.25) is 4.79 Å². The molecule has 1 rings (SSSR count). The van der Waals surface area contributed by atoms with Gasteiger partial charge in [-0.25, -0.2) is 0 Å². The Balaban J connectivity index is 2.27. The molecule has 9 heteroatoms. The summed E-state index contributed by atoms with van der Waals surface area (Å²) in [6.45, 7) is 3.86. The van der Waals surface area contributed by atoms with Gasteiger partial charge in [0.1, 0.15) is 24.4 Å². The van der Waals surface area contributed by atoms with E-state index in [4.69, 9.17) is 9.47 Å². The summed E-state index contributed by atoms with van der Waals surface area (Å²) in [5, 5.41) is 54.4. The molecule has 7 unspecified atom stereocenters. The molecule has 0 radical (unpaired) electrons. The Bertz CT molecular complexity index is 862. The molecule has 1 heterocycles. The van der Waals surface area contributed by atoms with E-state index in [1.165, 1.54) is 180 Å². The summed E-state index contributed by atoms with van der Waals surface area (Å²) in [7, 11) is 0.